The van der Waals surface area contributed by atoms with Crippen molar-refractivity contribution in [2.45, 2.75) is 77.4 Å². The molecule has 0 rings (SSSR count). The zero-order chi connectivity index (χ0) is 20.3. The molecular weight excluding hydrogens is 352 g/mol. The summed E-state index contributed by atoms with van der Waals surface area (Å²) in [5, 5.41) is 0. The lowest BCUT2D eigenvalue weighted by Gasteiger charge is -2.41. The largest absolute Gasteiger partial charge is 0.518 e. The van der Waals surface area contributed by atoms with Gasteiger partial charge in [-0.05, 0) is 29.5 Å². The molecule has 0 aromatic rings. The van der Waals surface area contributed by atoms with Gasteiger partial charge in [-0.15, -0.1) is 0 Å². The van der Waals surface area contributed by atoms with E-state index in [1.54, 1.807) is 0 Å². The van der Waals surface area contributed by atoms with E-state index in [4.69, 9.17) is 9.16 Å². The van der Waals surface area contributed by atoms with Crippen LogP contribution in [0.3, 0.4) is 0 Å². The third-order valence-corrected chi connectivity index (χ3v) is 10.6. The van der Waals surface area contributed by atoms with Crippen molar-refractivity contribution in [1.82, 2.24) is 0 Å². The first-order valence-corrected chi connectivity index (χ1v) is 11.4. The Bertz CT molecular complexity index is 474. The molecule has 0 atom stereocenters. The molecule has 0 radical (unpaired) electrons. The van der Waals surface area contributed by atoms with E-state index in [2.05, 4.69) is 46.3 Å². The molecule has 0 amide bonds. The number of methoxy groups -OCH3 is 1. The Balaban J connectivity index is 4.32. The second-order valence-corrected chi connectivity index (χ2v) is 12.6. The average Bonchev–Trinajstić information content (AvgIpc) is 2.55. The smallest absolute Gasteiger partial charge is 0.331 e. The van der Waals surface area contributed by atoms with Gasteiger partial charge in [-0.25, -0.2) is 9.59 Å². The average molecular weight is 387 g/mol. The quantitative estimate of drug-likeness (QED) is 0.230. The third-order valence-electron chi connectivity index (χ3n) is 4.57. The number of carbonyl (C=O) groups is 3. The molecule has 0 unspecified atom stereocenters. The van der Waals surface area contributed by atoms with Crippen LogP contribution >= 0.6 is 0 Å². The molecule has 0 aliphatic rings. The van der Waals surface area contributed by atoms with Crippen LogP contribution in [0.5, 0.6) is 0 Å². The van der Waals surface area contributed by atoms with Crippen molar-refractivity contribution in [2.75, 3.05) is 13.7 Å². The fourth-order valence-electron chi connectivity index (χ4n) is 3.40. The highest BCUT2D eigenvalue weighted by Crippen LogP contribution is 2.42. The molecule has 0 heterocycles. The van der Waals surface area contributed by atoms with Crippen LogP contribution in [0, 0.1) is 0 Å². The van der Waals surface area contributed by atoms with E-state index in [1.807, 2.05) is 0 Å². The molecule has 0 saturated heterocycles. The van der Waals surface area contributed by atoms with Gasteiger partial charge in [0.2, 0.25) is 0 Å². The minimum Gasteiger partial charge on any atom is -0.518 e. The topological polar surface area (TPSA) is 78.9 Å². The molecule has 6 nitrogen and oxygen atoms in total. The van der Waals surface area contributed by atoms with Crippen LogP contribution in [0.1, 0.15) is 60.8 Å². The lowest BCUT2D eigenvalue weighted by atomic mass is 10.2. The Morgan fingerprint density at radius 1 is 0.846 bits per heavy atom. The summed E-state index contributed by atoms with van der Waals surface area (Å²) in [6.45, 7) is 13.0. The zero-order valence-electron chi connectivity index (χ0n) is 17.2. The van der Waals surface area contributed by atoms with Crippen LogP contribution in [0.4, 0.5) is 0 Å². The molecule has 7 heteroatoms. The highest BCUT2D eigenvalue weighted by molar-refractivity contribution is 6.78. The van der Waals surface area contributed by atoms with Gasteiger partial charge in [0, 0.05) is 18.6 Å². The van der Waals surface area contributed by atoms with Gasteiger partial charge >= 0.3 is 11.9 Å². The van der Waals surface area contributed by atoms with E-state index in [1.165, 1.54) is 7.11 Å². The number of hydrogen-bond donors (Lipinski definition) is 0. The molecule has 0 N–H and O–H groups in total. The predicted molar refractivity (Wildman–Crippen MR) is 103 cm³/mol. The zero-order valence-corrected chi connectivity index (χ0v) is 18.2. The maximum atomic E-state index is 12.3. The van der Waals surface area contributed by atoms with Crippen LogP contribution < -0.4 is 0 Å². The highest BCUT2D eigenvalue weighted by Gasteiger charge is 2.47. The standard InChI is InChI=1S/C19H34O6Si/c1-14(2)26(15(3)4,16(5)6)25-19(22)10-8-9-13-24-18(21)12-11-17(20)23-7/h11-12,14-16H,8-10,13H2,1-7H3/b12-11-. The second-order valence-electron chi connectivity index (χ2n) is 7.27. The summed E-state index contributed by atoms with van der Waals surface area (Å²) in [6, 6.07) is 0. The Kier molecular flexibility index (Phi) is 11.1. The van der Waals surface area contributed by atoms with Crippen LogP contribution in [0.2, 0.25) is 16.6 Å². The second kappa shape index (κ2) is 11.9. The lowest BCUT2D eigenvalue weighted by molar-refractivity contribution is -0.139. The van der Waals surface area contributed by atoms with Gasteiger partial charge in [-0.1, -0.05) is 41.5 Å². The van der Waals surface area contributed by atoms with Gasteiger partial charge in [-0.3, -0.25) is 4.79 Å². The first-order chi connectivity index (χ1) is 12.1. The third kappa shape index (κ3) is 7.72. The number of unbranched alkanes of at least 4 members (excludes halogenated alkanes) is 1. The molecule has 0 aromatic heterocycles. The van der Waals surface area contributed by atoms with E-state index in [-0.39, 0.29) is 12.6 Å². The van der Waals surface area contributed by atoms with E-state index in [0.29, 0.717) is 35.9 Å². The first kappa shape index (κ1) is 24.4. The minimum atomic E-state index is -2.19. The van der Waals surface area contributed by atoms with Crippen LogP contribution in [-0.4, -0.2) is 39.9 Å². The molecule has 0 spiro atoms. The van der Waals surface area contributed by atoms with Crippen molar-refractivity contribution >= 4 is 26.2 Å². The molecule has 26 heavy (non-hydrogen) atoms. The van der Waals surface area contributed by atoms with Crippen molar-refractivity contribution in [2.24, 2.45) is 0 Å². The van der Waals surface area contributed by atoms with Crippen molar-refractivity contribution in [3.05, 3.63) is 12.2 Å². The lowest BCUT2D eigenvalue weighted by Crippen LogP contribution is -2.49. The summed E-state index contributed by atoms with van der Waals surface area (Å²) in [5.41, 5.74) is 1.07. The number of carbonyl (C=O) groups excluding carboxylic acids is 3. The summed E-state index contributed by atoms with van der Waals surface area (Å²) < 4.78 is 15.4. The monoisotopic (exact) mass is 386 g/mol. The summed E-state index contributed by atoms with van der Waals surface area (Å²) in [5.74, 6) is -1.38. The number of rotatable bonds is 11. The predicted octanol–water partition coefficient (Wildman–Crippen LogP) is 4.15. The van der Waals surface area contributed by atoms with Gasteiger partial charge < -0.3 is 13.9 Å². The van der Waals surface area contributed by atoms with Crippen molar-refractivity contribution in [3.63, 3.8) is 0 Å². The summed E-state index contributed by atoms with van der Waals surface area (Å²) >= 11 is 0. The van der Waals surface area contributed by atoms with Crippen LogP contribution in [0.25, 0.3) is 0 Å². The molecule has 0 bridgehead atoms. The highest BCUT2D eigenvalue weighted by atomic mass is 28.4. The molecule has 0 aliphatic heterocycles. The van der Waals surface area contributed by atoms with Gasteiger partial charge in [0.25, 0.3) is 14.3 Å². The molecular formula is C19H34O6Si. The number of hydrogen-bond acceptors (Lipinski definition) is 6. The summed E-state index contributed by atoms with van der Waals surface area (Å²) in [7, 11) is -0.961. The number of ether oxygens (including phenoxy) is 2. The van der Waals surface area contributed by atoms with Gasteiger partial charge in [0.05, 0.1) is 13.7 Å². The number of esters is 2. The Labute approximate surface area is 158 Å². The molecule has 0 fully saturated rings. The maximum Gasteiger partial charge on any atom is 0.331 e. The van der Waals surface area contributed by atoms with Crippen LogP contribution in [-0.2, 0) is 28.3 Å². The van der Waals surface area contributed by atoms with E-state index in [9.17, 15) is 14.4 Å². The van der Waals surface area contributed by atoms with Crippen molar-refractivity contribution in [1.29, 1.82) is 0 Å². The molecule has 0 saturated carbocycles. The molecule has 0 aliphatic carbocycles. The summed E-state index contributed by atoms with van der Waals surface area (Å²) in [4.78, 5) is 34.6. The SMILES string of the molecule is COC(=O)/C=C\C(=O)OCCCCC(=O)O[Si](C(C)C)(C(C)C)C(C)C. The van der Waals surface area contributed by atoms with E-state index >= 15 is 0 Å². The Morgan fingerprint density at radius 3 is 1.81 bits per heavy atom. The Morgan fingerprint density at radius 2 is 1.35 bits per heavy atom. The van der Waals surface area contributed by atoms with Gasteiger partial charge in [0.15, 0.2) is 0 Å². The fraction of sp³-hybridized carbons (Fsp3) is 0.737. The Hall–Kier alpha value is -1.63. The summed E-state index contributed by atoms with van der Waals surface area (Å²) in [6.07, 6.45) is 3.50. The van der Waals surface area contributed by atoms with E-state index < -0.39 is 20.3 Å². The van der Waals surface area contributed by atoms with Gasteiger partial charge in [-0.2, -0.15) is 0 Å². The normalized spacial score (nSPS) is 12.1. The van der Waals surface area contributed by atoms with Crippen LogP contribution in [0.15, 0.2) is 12.2 Å². The maximum absolute atomic E-state index is 12.3. The molecule has 150 valence electrons. The fourth-order valence-corrected chi connectivity index (χ4v) is 8.60. The van der Waals surface area contributed by atoms with Crippen molar-refractivity contribution in [3.8, 4) is 0 Å². The molecule has 0 aromatic carbocycles. The first-order valence-electron chi connectivity index (χ1n) is 9.22. The van der Waals surface area contributed by atoms with Gasteiger partial charge in [0.1, 0.15) is 0 Å². The van der Waals surface area contributed by atoms with E-state index in [0.717, 1.165) is 12.2 Å². The van der Waals surface area contributed by atoms with Crippen molar-refractivity contribution < 1.29 is 28.3 Å². The minimum absolute atomic E-state index is 0.162.